The van der Waals surface area contributed by atoms with Crippen LogP contribution in [0.3, 0.4) is 0 Å². The van der Waals surface area contributed by atoms with Crippen LogP contribution in [-0.4, -0.2) is 30.5 Å². The van der Waals surface area contributed by atoms with E-state index < -0.39 is 0 Å². The van der Waals surface area contributed by atoms with Crippen LogP contribution < -0.4 is 5.73 Å². The minimum Gasteiger partial charge on any atom is -0.461 e. The number of furan rings is 1. The number of fused-ring (bicyclic) bond motifs is 1. The van der Waals surface area contributed by atoms with Gasteiger partial charge >= 0.3 is 0 Å². The van der Waals surface area contributed by atoms with Crippen LogP contribution >= 0.6 is 24.0 Å². The average molecular weight is 413 g/mol. The van der Waals surface area contributed by atoms with E-state index in [0.717, 1.165) is 36.2 Å². The van der Waals surface area contributed by atoms with Gasteiger partial charge in [-0.25, -0.2) is 0 Å². The molecule has 0 aliphatic carbocycles. The maximum atomic E-state index is 6.10. The summed E-state index contributed by atoms with van der Waals surface area (Å²) in [5.74, 6) is 1.66. The number of nitrogens with zero attached hydrogens (tertiary/aromatic N) is 2. The van der Waals surface area contributed by atoms with Gasteiger partial charge in [0.15, 0.2) is 5.96 Å². The fourth-order valence-electron chi connectivity index (χ4n) is 2.84. The monoisotopic (exact) mass is 413 g/mol. The van der Waals surface area contributed by atoms with Gasteiger partial charge < -0.3 is 15.1 Å². The molecule has 0 saturated carbocycles. The zero-order chi connectivity index (χ0) is 14.5. The van der Waals surface area contributed by atoms with E-state index in [1.165, 1.54) is 25.7 Å². The van der Waals surface area contributed by atoms with Crippen molar-refractivity contribution in [3.8, 4) is 0 Å². The molecule has 1 aliphatic heterocycles. The molecule has 0 bridgehead atoms. The third kappa shape index (κ3) is 4.38. The molecule has 0 amide bonds. The minimum atomic E-state index is 0. The van der Waals surface area contributed by atoms with Gasteiger partial charge in [0.05, 0.1) is 0 Å². The standard InChI is InChI=1S/C17H23N3O.HI/c18-17(20-11-5-1-2-6-12-20)19-10-9-15-13-14-7-3-4-8-16(14)21-15;/h3-4,7-8,13H,1-2,5-6,9-12H2,(H2,18,19);1H. The van der Waals surface area contributed by atoms with E-state index >= 15 is 0 Å². The van der Waals surface area contributed by atoms with Gasteiger partial charge in [0.2, 0.25) is 0 Å². The van der Waals surface area contributed by atoms with E-state index in [1.54, 1.807) is 0 Å². The van der Waals surface area contributed by atoms with Crippen LogP contribution in [0.2, 0.25) is 0 Å². The summed E-state index contributed by atoms with van der Waals surface area (Å²) in [7, 11) is 0. The summed E-state index contributed by atoms with van der Waals surface area (Å²) < 4.78 is 5.79. The molecule has 1 aromatic heterocycles. The number of hydrogen-bond acceptors (Lipinski definition) is 2. The summed E-state index contributed by atoms with van der Waals surface area (Å²) in [4.78, 5) is 6.73. The summed E-state index contributed by atoms with van der Waals surface area (Å²) in [6.45, 7) is 2.77. The molecule has 4 nitrogen and oxygen atoms in total. The van der Waals surface area contributed by atoms with Crippen molar-refractivity contribution in [2.45, 2.75) is 32.1 Å². The second-order valence-corrected chi connectivity index (χ2v) is 5.64. The number of rotatable bonds is 3. The number of nitrogens with two attached hydrogens (primary N) is 1. The number of halogens is 1. The van der Waals surface area contributed by atoms with Gasteiger partial charge in [-0.3, -0.25) is 4.99 Å². The van der Waals surface area contributed by atoms with Crippen LogP contribution in [0.15, 0.2) is 39.7 Å². The molecule has 5 heteroatoms. The van der Waals surface area contributed by atoms with E-state index in [9.17, 15) is 0 Å². The summed E-state index contributed by atoms with van der Waals surface area (Å²) in [5.41, 5.74) is 7.04. The van der Waals surface area contributed by atoms with Crippen molar-refractivity contribution in [3.05, 3.63) is 36.1 Å². The molecule has 1 aliphatic rings. The molecule has 1 saturated heterocycles. The number of aliphatic imine (C=N–C) groups is 1. The Balaban J connectivity index is 0.00000176. The lowest BCUT2D eigenvalue weighted by molar-refractivity contribution is 0.428. The molecule has 0 unspecified atom stereocenters. The SMILES string of the molecule is I.NC(=NCCc1cc2ccccc2o1)N1CCCCCC1. The fourth-order valence-corrected chi connectivity index (χ4v) is 2.84. The predicted octanol–water partition coefficient (Wildman–Crippen LogP) is 3.78. The topological polar surface area (TPSA) is 54.8 Å². The molecular weight excluding hydrogens is 389 g/mol. The van der Waals surface area contributed by atoms with Crippen LogP contribution in [0.4, 0.5) is 0 Å². The van der Waals surface area contributed by atoms with Gasteiger partial charge in [-0.05, 0) is 25.0 Å². The first kappa shape index (κ1) is 17.1. The Labute approximate surface area is 148 Å². The van der Waals surface area contributed by atoms with Crippen molar-refractivity contribution in [1.29, 1.82) is 0 Å². The first-order valence-electron chi connectivity index (χ1n) is 7.85. The van der Waals surface area contributed by atoms with Gasteiger partial charge in [-0.1, -0.05) is 31.0 Å². The van der Waals surface area contributed by atoms with Gasteiger partial charge in [-0.2, -0.15) is 0 Å². The number of guanidine groups is 1. The smallest absolute Gasteiger partial charge is 0.191 e. The lowest BCUT2D eigenvalue weighted by Crippen LogP contribution is -2.38. The normalized spacial score (nSPS) is 16.4. The van der Waals surface area contributed by atoms with Gasteiger partial charge in [0, 0.05) is 31.4 Å². The maximum absolute atomic E-state index is 6.10. The van der Waals surface area contributed by atoms with E-state index in [-0.39, 0.29) is 24.0 Å². The van der Waals surface area contributed by atoms with Crippen molar-refractivity contribution in [1.82, 2.24) is 4.90 Å². The molecule has 2 N–H and O–H groups in total. The van der Waals surface area contributed by atoms with Crippen LogP contribution in [0.1, 0.15) is 31.4 Å². The molecule has 22 heavy (non-hydrogen) atoms. The summed E-state index contributed by atoms with van der Waals surface area (Å²) >= 11 is 0. The molecule has 2 heterocycles. The molecule has 3 rings (SSSR count). The molecule has 120 valence electrons. The highest BCUT2D eigenvalue weighted by molar-refractivity contribution is 14.0. The third-order valence-electron chi connectivity index (χ3n) is 4.04. The number of para-hydroxylation sites is 1. The van der Waals surface area contributed by atoms with Crippen LogP contribution in [0.5, 0.6) is 0 Å². The molecule has 0 atom stereocenters. The van der Waals surface area contributed by atoms with Crippen molar-refractivity contribution < 1.29 is 4.42 Å². The second-order valence-electron chi connectivity index (χ2n) is 5.64. The highest BCUT2D eigenvalue weighted by atomic mass is 127. The third-order valence-corrected chi connectivity index (χ3v) is 4.04. The van der Waals surface area contributed by atoms with Crippen molar-refractivity contribution >= 4 is 40.9 Å². The highest BCUT2D eigenvalue weighted by Gasteiger charge is 2.10. The lowest BCUT2D eigenvalue weighted by Gasteiger charge is -2.20. The predicted molar refractivity (Wildman–Crippen MR) is 102 cm³/mol. The average Bonchev–Trinajstić information content (AvgIpc) is 2.71. The second kappa shape index (κ2) is 8.41. The Hall–Kier alpha value is -1.24. The Morgan fingerprint density at radius 3 is 2.59 bits per heavy atom. The number of likely N-dealkylation sites (tertiary alicyclic amines) is 1. The van der Waals surface area contributed by atoms with Crippen LogP contribution in [0.25, 0.3) is 11.0 Å². The quantitative estimate of drug-likeness (QED) is 0.474. The number of hydrogen-bond donors (Lipinski definition) is 1. The molecule has 1 aromatic carbocycles. The molecule has 1 fully saturated rings. The van der Waals surface area contributed by atoms with Gasteiger partial charge in [0.25, 0.3) is 0 Å². The van der Waals surface area contributed by atoms with Crippen molar-refractivity contribution in [2.75, 3.05) is 19.6 Å². The first-order chi connectivity index (χ1) is 10.3. The van der Waals surface area contributed by atoms with Crippen molar-refractivity contribution in [3.63, 3.8) is 0 Å². The lowest BCUT2D eigenvalue weighted by atomic mass is 10.2. The molecular formula is C17H24IN3O. The summed E-state index contributed by atoms with van der Waals surface area (Å²) in [6.07, 6.45) is 5.86. The van der Waals surface area contributed by atoms with E-state index in [0.29, 0.717) is 12.5 Å². The Morgan fingerprint density at radius 1 is 1.14 bits per heavy atom. The molecule has 0 radical (unpaired) electrons. The molecule has 2 aromatic rings. The highest BCUT2D eigenvalue weighted by Crippen LogP contribution is 2.19. The fraction of sp³-hybridized carbons (Fsp3) is 0.471. The van der Waals surface area contributed by atoms with E-state index in [4.69, 9.17) is 10.2 Å². The van der Waals surface area contributed by atoms with E-state index in [1.807, 2.05) is 18.2 Å². The maximum Gasteiger partial charge on any atom is 0.191 e. The van der Waals surface area contributed by atoms with Gasteiger partial charge in [-0.15, -0.1) is 24.0 Å². The zero-order valence-corrected chi connectivity index (χ0v) is 15.2. The number of benzene rings is 1. The Morgan fingerprint density at radius 2 is 1.86 bits per heavy atom. The Bertz CT molecular complexity index is 582. The van der Waals surface area contributed by atoms with E-state index in [2.05, 4.69) is 22.0 Å². The minimum absolute atomic E-state index is 0. The van der Waals surface area contributed by atoms with Gasteiger partial charge in [0.1, 0.15) is 11.3 Å². The summed E-state index contributed by atoms with van der Waals surface area (Å²) in [5, 5.41) is 1.15. The van der Waals surface area contributed by atoms with Crippen LogP contribution in [0, 0.1) is 0 Å². The first-order valence-corrected chi connectivity index (χ1v) is 7.85. The molecule has 0 spiro atoms. The summed E-state index contributed by atoms with van der Waals surface area (Å²) in [6, 6.07) is 10.2. The largest absolute Gasteiger partial charge is 0.461 e. The van der Waals surface area contributed by atoms with Crippen molar-refractivity contribution in [2.24, 2.45) is 10.7 Å². The van der Waals surface area contributed by atoms with Crippen LogP contribution in [-0.2, 0) is 6.42 Å². The Kier molecular flexibility index (Phi) is 6.54. The zero-order valence-electron chi connectivity index (χ0n) is 12.8.